The van der Waals surface area contributed by atoms with E-state index in [-0.39, 0.29) is 41.2 Å². The Morgan fingerprint density at radius 2 is 1.73 bits per heavy atom. The zero-order valence-corrected chi connectivity index (χ0v) is 15.5. The van der Waals surface area contributed by atoms with Crippen molar-refractivity contribution < 1.29 is 49.4 Å². The molecule has 0 saturated carbocycles. The molecule has 1 aromatic rings. The smallest absolute Gasteiger partial charge is 0.554 e. The largest absolute Gasteiger partial charge is 1.00 e. The van der Waals surface area contributed by atoms with E-state index in [9.17, 15) is 9.90 Å². The van der Waals surface area contributed by atoms with Crippen LogP contribution in [-0.2, 0) is 4.79 Å². The molecule has 0 aliphatic rings. The van der Waals surface area contributed by atoms with Crippen LogP contribution in [0.3, 0.4) is 0 Å². The molecule has 0 bridgehead atoms. The Kier molecular flexibility index (Phi) is 17.2. The zero-order chi connectivity index (χ0) is 15.9. The Balaban J connectivity index is 0. The van der Waals surface area contributed by atoms with Crippen LogP contribution in [0, 0.1) is 0 Å². The molecular weight excluding hydrogens is 293 g/mol. The molecule has 1 aromatic carbocycles. The van der Waals surface area contributed by atoms with Gasteiger partial charge in [0.15, 0.2) is 0 Å². The predicted molar refractivity (Wildman–Crippen MR) is 79.9 cm³/mol. The molecule has 0 saturated heterocycles. The standard InChI is InChI=1S/C15H23NO2.CH2O2.Na/c1-2-3-4-5-6-9-12-16-15(18)13-10-7-8-11-14(13)17;2-1-3;/h7-8,10-11,17H,2-6,9,12H2,1H3,(H,16,18);1H,(H,2,3);/q;;+1/p-1. The molecule has 0 heterocycles. The van der Waals surface area contributed by atoms with Gasteiger partial charge in [0.2, 0.25) is 0 Å². The second-order valence-corrected chi connectivity index (χ2v) is 4.64. The van der Waals surface area contributed by atoms with Crippen molar-refractivity contribution in [2.45, 2.75) is 45.4 Å². The molecule has 0 aromatic heterocycles. The number of para-hydroxylation sites is 1. The molecule has 0 aliphatic carbocycles. The first-order chi connectivity index (χ1) is 10.2. The number of phenolic OH excluding ortho intramolecular Hbond substituents is 1. The third-order valence-electron chi connectivity index (χ3n) is 2.96. The Hall–Kier alpha value is -1.04. The minimum Gasteiger partial charge on any atom is -0.554 e. The van der Waals surface area contributed by atoms with E-state index in [0.29, 0.717) is 12.1 Å². The summed E-state index contributed by atoms with van der Waals surface area (Å²) in [5.74, 6) is -0.153. The van der Waals surface area contributed by atoms with Gasteiger partial charge in [0, 0.05) is 13.0 Å². The van der Waals surface area contributed by atoms with Gasteiger partial charge in [0.25, 0.3) is 5.91 Å². The molecule has 0 aliphatic heterocycles. The van der Waals surface area contributed by atoms with Crippen molar-refractivity contribution >= 4 is 12.4 Å². The third kappa shape index (κ3) is 11.6. The quantitative estimate of drug-likeness (QED) is 0.360. The molecular formula is C16H24NNaO4. The molecule has 6 heteroatoms. The minimum absolute atomic E-state index is 0. The van der Waals surface area contributed by atoms with Gasteiger partial charge in [-0.2, -0.15) is 0 Å². The number of aromatic hydroxyl groups is 1. The van der Waals surface area contributed by atoms with E-state index in [1.807, 2.05) is 0 Å². The zero-order valence-electron chi connectivity index (χ0n) is 13.5. The van der Waals surface area contributed by atoms with Crippen LogP contribution in [0.4, 0.5) is 0 Å². The van der Waals surface area contributed by atoms with Gasteiger partial charge < -0.3 is 20.3 Å². The van der Waals surface area contributed by atoms with Crippen LogP contribution in [0.1, 0.15) is 55.8 Å². The summed E-state index contributed by atoms with van der Waals surface area (Å²) in [6.45, 7) is 2.38. The molecule has 118 valence electrons. The number of hydrogen-bond acceptors (Lipinski definition) is 4. The van der Waals surface area contributed by atoms with Crippen molar-refractivity contribution in [3.63, 3.8) is 0 Å². The average molecular weight is 317 g/mol. The number of hydrogen-bond donors (Lipinski definition) is 2. The van der Waals surface area contributed by atoms with Crippen molar-refractivity contribution in [2.24, 2.45) is 0 Å². The maximum absolute atomic E-state index is 11.7. The first-order valence-electron chi connectivity index (χ1n) is 7.29. The van der Waals surface area contributed by atoms with Crippen LogP contribution in [0.5, 0.6) is 5.75 Å². The molecule has 1 rings (SSSR count). The molecule has 22 heavy (non-hydrogen) atoms. The number of unbranched alkanes of at least 4 members (excludes halogenated alkanes) is 5. The van der Waals surface area contributed by atoms with E-state index >= 15 is 0 Å². The van der Waals surface area contributed by atoms with Crippen molar-refractivity contribution in [1.29, 1.82) is 0 Å². The molecule has 0 fully saturated rings. The number of rotatable bonds is 8. The summed E-state index contributed by atoms with van der Waals surface area (Å²) in [5.41, 5.74) is 0.350. The van der Waals surface area contributed by atoms with Gasteiger partial charge in [-0.3, -0.25) is 4.79 Å². The van der Waals surface area contributed by atoms with Crippen molar-refractivity contribution in [3.05, 3.63) is 29.8 Å². The second-order valence-electron chi connectivity index (χ2n) is 4.64. The van der Waals surface area contributed by atoms with Gasteiger partial charge in [-0.05, 0) is 18.6 Å². The van der Waals surface area contributed by atoms with Gasteiger partial charge in [-0.1, -0.05) is 51.2 Å². The summed E-state index contributed by atoms with van der Waals surface area (Å²) in [6.07, 6.45) is 7.22. The van der Waals surface area contributed by atoms with E-state index in [0.717, 1.165) is 12.8 Å². The monoisotopic (exact) mass is 317 g/mol. The van der Waals surface area contributed by atoms with E-state index in [1.54, 1.807) is 18.2 Å². The fourth-order valence-corrected chi connectivity index (χ4v) is 1.87. The van der Waals surface area contributed by atoms with Crippen LogP contribution in [0.2, 0.25) is 0 Å². The molecule has 5 nitrogen and oxygen atoms in total. The molecule has 0 spiro atoms. The Bertz CT molecular complexity index is 413. The van der Waals surface area contributed by atoms with Crippen molar-refractivity contribution in [3.8, 4) is 5.75 Å². The summed E-state index contributed by atoms with van der Waals surface area (Å²) in [6, 6.07) is 6.62. The molecule has 0 radical (unpaired) electrons. The predicted octanol–water partition coefficient (Wildman–Crippen LogP) is -1.15. The summed E-state index contributed by atoms with van der Waals surface area (Å²) in [4.78, 5) is 20.0. The summed E-state index contributed by atoms with van der Waals surface area (Å²) >= 11 is 0. The van der Waals surface area contributed by atoms with E-state index in [2.05, 4.69) is 12.2 Å². The normalized spacial score (nSPS) is 8.95. The molecule has 2 N–H and O–H groups in total. The minimum atomic E-state index is -0.500. The van der Waals surface area contributed by atoms with Crippen molar-refractivity contribution in [2.75, 3.05) is 6.54 Å². The number of benzene rings is 1. The van der Waals surface area contributed by atoms with Gasteiger partial charge >= 0.3 is 29.6 Å². The number of phenols is 1. The summed E-state index contributed by atoms with van der Waals surface area (Å²) in [5, 5.41) is 20.6. The van der Waals surface area contributed by atoms with Crippen LogP contribution in [0.15, 0.2) is 24.3 Å². The number of carbonyl (C=O) groups excluding carboxylic acids is 2. The van der Waals surface area contributed by atoms with Gasteiger partial charge in [0.1, 0.15) is 5.75 Å². The van der Waals surface area contributed by atoms with E-state index < -0.39 is 6.47 Å². The first-order valence-corrected chi connectivity index (χ1v) is 7.29. The Morgan fingerprint density at radius 1 is 1.18 bits per heavy atom. The van der Waals surface area contributed by atoms with Gasteiger partial charge in [-0.25, -0.2) is 0 Å². The Morgan fingerprint density at radius 3 is 2.32 bits per heavy atom. The second kappa shape index (κ2) is 16.3. The molecule has 1 amide bonds. The van der Waals surface area contributed by atoms with E-state index in [4.69, 9.17) is 9.90 Å². The van der Waals surface area contributed by atoms with E-state index in [1.165, 1.54) is 31.7 Å². The van der Waals surface area contributed by atoms with Crippen molar-refractivity contribution in [1.82, 2.24) is 5.32 Å². The number of nitrogens with one attached hydrogen (secondary N) is 1. The third-order valence-corrected chi connectivity index (χ3v) is 2.96. The maximum atomic E-state index is 11.7. The SMILES string of the molecule is CCCCCCCCNC(=O)c1ccccc1O.O=C[O-].[Na+]. The fraction of sp³-hybridized carbons (Fsp3) is 0.500. The molecule has 0 atom stereocenters. The summed E-state index contributed by atoms with van der Waals surface area (Å²) < 4.78 is 0. The van der Waals surface area contributed by atoms with Gasteiger partial charge in [0.05, 0.1) is 5.56 Å². The van der Waals surface area contributed by atoms with Crippen LogP contribution in [-0.4, -0.2) is 24.0 Å². The van der Waals surface area contributed by atoms with Gasteiger partial charge in [-0.15, -0.1) is 0 Å². The maximum Gasteiger partial charge on any atom is 1.00 e. The summed E-state index contributed by atoms with van der Waals surface area (Å²) in [7, 11) is 0. The Labute approximate surface area is 154 Å². The van der Waals surface area contributed by atoms with Crippen LogP contribution < -0.4 is 40.0 Å². The van der Waals surface area contributed by atoms with Crippen LogP contribution in [0.25, 0.3) is 0 Å². The molecule has 0 unspecified atom stereocenters. The number of amides is 1. The average Bonchev–Trinajstić information content (AvgIpc) is 2.47. The first kappa shape index (κ1) is 23.2. The fourth-order valence-electron chi connectivity index (χ4n) is 1.87. The number of carboxylic acid groups (broad SMARTS) is 1. The number of carbonyl (C=O) groups is 2. The van der Waals surface area contributed by atoms with Crippen LogP contribution >= 0.6 is 0 Å². The topological polar surface area (TPSA) is 89.5 Å².